The number of imidazole rings is 1. The number of hydrogen-bond donors (Lipinski definition) is 0. The van der Waals surface area contributed by atoms with Gasteiger partial charge < -0.3 is 4.40 Å². The normalized spacial score (nSPS) is 11.2. The summed E-state index contributed by atoms with van der Waals surface area (Å²) in [5.41, 5.74) is 5.29. The van der Waals surface area contributed by atoms with E-state index in [0.29, 0.717) is 0 Å². The van der Waals surface area contributed by atoms with Crippen LogP contribution in [0.1, 0.15) is 11.3 Å². The molecular formula is C23H19N5S. The van der Waals surface area contributed by atoms with E-state index in [4.69, 9.17) is 4.98 Å². The maximum atomic E-state index is 4.69. The Labute approximate surface area is 173 Å². The van der Waals surface area contributed by atoms with Gasteiger partial charge in [0, 0.05) is 29.4 Å². The molecule has 142 valence electrons. The van der Waals surface area contributed by atoms with Gasteiger partial charge in [-0.25, -0.2) is 4.98 Å². The molecule has 0 saturated carbocycles. The van der Waals surface area contributed by atoms with E-state index in [-0.39, 0.29) is 0 Å². The molecule has 5 rings (SSSR count). The van der Waals surface area contributed by atoms with E-state index in [1.54, 1.807) is 11.8 Å². The number of benzene rings is 2. The van der Waals surface area contributed by atoms with Crippen LogP contribution in [-0.4, -0.2) is 24.1 Å². The molecule has 0 aliphatic rings. The Bertz CT molecular complexity index is 1220. The van der Waals surface area contributed by atoms with Gasteiger partial charge in [-0.15, -0.1) is 10.2 Å². The van der Waals surface area contributed by atoms with Gasteiger partial charge in [0.15, 0.2) is 11.0 Å². The van der Waals surface area contributed by atoms with E-state index < -0.39 is 0 Å². The maximum absolute atomic E-state index is 4.69. The van der Waals surface area contributed by atoms with Gasteiger partial charge in [-0.1, -0.05) is 65.9 Å². The monoisotopic (exact) mass is 397 g/mol. The van der Waals surface area contributed by atoms with E-state index >= 15 is 0 Å². The summed E-state index contributed by atoms with van der Waals surface area (Å²) >= 11 is 1.64. The molecule has 3 heterocycles. The van der Waals surface area contributed by atoms with Gasteiger partial charge in [0.1, 0.15) is 5.65 Å². The highest BCUT2D eigenvalue weighted by Gasteiger charge is 2.16. The minimum atomic E-state index is 0.723. The second-order valence-corrected chi connectivity index (χ2v) is 7.77. The molecule has 5 aromatic rings. The van der Waals surface area contributed by atoms with Crippen LogP contribution in [-0.2, 0) is 5.75 Å². The highest BCUT2D eigenvalue weighted by atomic mass is 32.2. The van der Waals surface area contributed by atoms with E-state index in [1.807, 2.05) is 47.0 Å². The van der Waals surface area contributed by atoms with Gasteiger partial charge in [-0.05, 0) is 31.2 Å². The van der Waals surface area contributed by atoms with E-state index in [1.165, 1.54) is 5.56 Å². The number of thioether (sulfide) groups is 1. The first-order valence-corrected chi connectivity index (χ1v) is 10.4. The van der Waals surface area contributed by atoms with Crippen LogP contribution in [0.4, 0.5) is 0 Å². The smallest absolute Gasteiger partial charge is 0.196 e. The summed E-state index contributed by atoms with van der Waals surface area (Å²) in [4.78, 5) is 4.69. The molecule has 3 aromatic heterocycles. The van der Waals surface area contributed by atoms with Crippen LogP contribution in [0.2, 0.25) is 0 Å². The third-order valence-electron chi connectivity index (χ3n) is 4.72. The number of aryl methyl sites for hydroxylation is 1. The van der Waals surface area contributed by atoms with Gasteiger partial charge in [-0.2, -0.15) is 0 Å². The fourth-order valence-corrected chi connectivity index (χ4v) is 4.10. The zero-order valence-electron chi connectivity index (χ0n) is 15.9. The lowest BCUT2D eigenvalue weighted by Crippen LogP contribution is -2.00. The summed E-state index contributed by atoms with van der Waals surface area (Å²) in [5, 5.41) is 9.86. The summed E-state index contributed by atoms with van der Waals surface area (Å²) in [5.74, 6) is 1.56. The average Bonchev–Trinajstić information content (AvgIpc) is 3.37. The summed E-state index contributed by atoms with van der Waals surface area (Å²) in [7, 11) is 0. The summed E-state index contributed by atoms with van der Waals surface area (Å²) in [6.07, 6.45) is 4.08. The first-order valence-electron chi connectivity index (χ1n) is 9.41. The van der Waals surface area contributed by atoms with Crippen molar-refractivity contribution in [2.75, 3.05) is 0 Å². The number of fused-ring (bicyclic) bond motifs is 1. The first-order chi connectivity index (χ1) is 14.3. The maximum Gasteiger partial charge on any atom is 0.196 e. The first kappa shape index (κ1) is 17.7. The predicted octanol–water partition coefficient (Wildman–Crippen LogP) is 5.18. The molecule has 0 aliphatic carbocycles. The van der Waals surface area contributed by atoms with Crippen molar-refractivity contribution in [1.29, 1.82) is 0 Å². The zero-order valence-corrected chi connectivity index (χ0v) is 16.8. The Kier molecular flexibility index (Phi) is 4.62. The van der Waals surface area contributed by atoms with Crippen LogP contribution in [0, 0.1) is 6.92 Å². The zero-order chi connectivity index (χ0) is 19.6. The van der Waals surface area contributed by atoms with E-state index in [9.17, 15) is 0 Å². The minimum absolute atomic E-state index is 0.723. The van der Waals surface area contributed by atoms with Crippen molar-refractivity contribution < 1.29 is 0 Å². The van der Waals surface area contributed by atoms with Gasteiger partial charge >= 0.3 is 0 Å². The van der Waals surface area contributed by atoms with E-state index in [2.05, 4.69) is 64.3 Å². The Balaban J connectivity index is 1.52. The summed E-state index contributed by atoms with van der Waals surface area (Å²) < 4.78 is 4.16. The molecule has 0 unspecified atom stereocenters. The highest BCUT2D eigenvalue weighted by Crippen LogP contribution is 2.29. The fraction of sp³-hybridized carbons (Fsp3) is 0.0870. The lowest BCUT2D eigenvalue weighted by Gasteiger charge is -2.10. The Morgan fingerprint density at radius 1 is 0.862 bits per heavy atom. The SMILES string of the molecule is Cc1ccc(-n2c(SCc3cn4ccccc4n3)nnc2-c2ccccc2)cc1. The molecule has 0 N–H and O–H groups in total. The lowest BCUT2D eigenvalue weighted by atomic mass is 10.2. The predicted molar refractivity (Wildman–Crippen MR) is 116 cm³/mol. The average molecular weight is 398 g/mol. The van der Waals surface area contributed by atoms with Crippen LogP contribution in [0.5, 0.6) is 0 Å². The largest absolute Gasteiger partial charge is 0.307 e. The van der Waals surface area contributed by atoms with Crippen LogP contribution in [0.25, 0.3) is 22.7 Å². The van der Waals surface area contributed by atoms with Gasteiger partial charge in [0.2, 0.25) is 0 Å². The quantitative estimate of drug-likeness (QED) is 0.383. The van der Waals surface area contributed by atoms with Crippen LogP contribution in [0.15, 0.2) is 90.3 Å². The Hall–Kier alpha value is -3.38. The van der Waals surface area contributed by atoms with Gasteiger partial charge in [0.05, 0.1) is 5.69 Å². The van der Waals surface area contributed by atoms with Crippen LogP contribution >= 0.6 is 11.8 Å². The van der Waals surface area contributed by atoms with Crippen LogP contribution < -0.4 is 0 Å². The Morgan fingerprint density at radius 3 is 2.45 bits per heavy atom. The molecule has 0 aliphatic heterocycles. The van der Waals surface area contributed by atoms with Gasteiger partial charge in [-0.3, -0.25) is 4.57 Å². The van der Waals surface area contributed by atoms with Crippen molar-refractivity contribution in [3.63, 3.8) is 0 Å². The van der Waals surface area contributed by atoms with Gasteiger partial charge in [0.25, 0.3) is 0 Å². The summed E-state index contributed by atoms with van der Waals surface area (Å²) in [6.45, 7) is 2.09. The fourth-order valence-electron chi connectivity index (χ4n) is 3.26. The third kappa shape index (κ3) is 3.54. The molecule has 29 heavy (non-hydrogen) atoms. The van der Waals surface area contributed by atoms with Crippen LogP contribution in [0.3, 0.4) is 0 Å². The molecule has 0 atom stereocenters. The second kappa shape index (κ2) is 7.56. The van der Waals surface area contributed by atoms with Crippen molar-refractivity contribution in [1.82, 2.24) is 24.1 Å². The Morgan fingerprint density at radius 2 is 1.66 bits per heavy atom. The molecule has 6 heteroatoms. The number of hydrogen-bond acceptors (Lipinski definition) is 4. The molecular weight excluding hydrogens is 378 g/mol. The molecule has 0 amide bonds. The second-order valence-electron chi connectivity index (χ2n) is 6.83. The highest BCUT2D eigenvalue weighted by molar-refractivity contribution is 7.98. The van der Waals surface area contributed by atoms with Crippen molar-refractivity contribution in [2.45, 2.75) is 17.8 Å². The van der Waals surface area contributed by atoms with Crippen molar-refractivity contribution >= 4 is 17.4 Å². The standard InChI is InChI=1S/C23H19N5S/c1-17-10-12-20(13-11-17)28-22(18-7-3-2-4-8-18)25-26-23(28)29-16-19-15-27-14-6-5-9-21(27)24-19/h2-15H,16H2,1H3. The van der Waals surface area contributed by atoms with E-state index in [0.717, 1.165) is 39.3 Å². The van der Waals surface area contributed by atoms with Crippen molar-refractivity contribution in [2.24, 2.45) is 0 Å². The lowest BCUT2D eigenvalue weighted by molar-refractivity contribution is 0.885. The molecule has 0 fully saturated rings. The number of aromatic nitrogens is 5. The summed E-state index contributed by atoms with van der Waals surface area (Å²) in [6, 6.07) is 24.6. The molecule has 0 spiro atoms. The number of nitrogens with zero attached hydrogens (tertiary/aromatic N) is 5. The molecule has 0 radical (unpaired) electrons. The van der Waals surface area contributed by atoms with Crippen molar-refractivity contribution in [3.8, 4) is 17.1 Å². The number of rotatable bonds is 5. The molecule has 0 saturated heterocycles. The molecule has 0 bridgehead atoms. The third-order valence-corrected chi connectivity index (χ3v) is 5.68. The number of pyridine rings is 1. The minimum Gasteiger partial charge on any atom is -0.307 e. The van der Waals surface area contributed by atoms with Crippen molar-refractivity contribution in [3.05, 3.63) is 96.4 Å². The molecule has 5 nitrogen and oxygen atoms in total. The topological polar surface area (TPSA) is 48.0 Å². The molecule has 2 aromatic carbocycles.